The molecule has 0 saturated heterocycles. The highest BCUT2D eigenvalue weighted by atomic mass is 32.2. The maximum Gasteiger partial charge on any atom is 0.0745 e. The van der Waals surface area contributed by atoms with Crippen molar-refractivity contribution in [2.24, 2.45) is 5.92 Å². The van der Waals surface area contributed by atoms with Crippen LogP contribution in [0.4, 0.5) is 0 Å². The molecule has 0 spiro atoms. The van der Waals surface area contributed by atoms with Crippen LogP contribution in [0.2, 0.25) is 0 Å². The van der Waals surface area contributed by atoms with Crippen molar-refractivity contribution in [1.82, 2.24) is 0 Å². The van der Waals surface area contributed by atoms with Gasteiger partial charge in [-0.15, -0.1) is 35.3 Å². The molecular weight excluding hydrogens is 509 g/mol. The van der Waals surface area contributed by atoms with Crippen molar-refractivity contribution in [1.29, 1.82) is 0 Å². The van der Waals surface area contributed by atoms with Gasteiger partial charge in [0.15, 0.2) is 0 Å². The first-order valence-corrected chi connectivity index (χ1v) is 15.3. The summed E-state index contributed by atoms with van der Waals surface area (Å²) in [5.41, 5.74) is 0.476. The van der Waals surface area contributed by atoms with Gasteiger partial charge >= 0.3 is 0 Å². The fourth-order valence-corrected chi connectivity index (χ4v) is 9.30. The molecule has 0 amide bonds. The Morgan fingerprint density at radius 2 is 1.03 bits per heavy atom. The lowest BCUT2D eigenvalue weighted by Crippen LogP contribution is -2.46. The topological polar surface area (TPSA) is 20.2 Å². The van der Waals surface area contributed by atoms with E-state index >= 15 is 0 Å². The molecule has 1 N–H and O–H groups in total. The minimum Gasteiger partial charge on any atom is -0.389 e. The van der Waals surface area contributed by atoms with Gasteiger partial charge in [-0.05, 0) is 74.6 Å². The van der Waals surface area contributed by atoms with Crippen molar-refractivity contribution in [2.75, 3.05) is 0 Å². The second-order valence-electron chi connectivity index (χ2n) is 9.92. The Morgan fingerprint density at radius 1 is 0.622 bits per heavy atom. The largest absolute Gasteiger partial charge is 0.389 e. The summed E-state index contributed by atoms with van der Waals surface area (Å²) in [6.45, 7) is 6.27. The van der Waals surface area contributed by atoms with Gasteiger partial charge in [0.05, 0.1) is 9.68 Å². The highest BCUT2D eigenvalue weighted by Crippen LogP contribution is 2.57. The fraction of sp³-hybridized carbons (Fsp3) is 0.273. The Hall–Kier alpha value is -2.11. The standard InChI is InChI=1S/C33H36OS3/c1-26(31(32(2,3)34)35-28-18-10-5-11-19-28)33(36-29-20-12-6-13-21-29,37-30-22-14-7-15-23-30)25-24-27-16-8-4-9-17-27/h4-23,26,31,34H,24-25H2,1-3H3/t26-,31-/m1/s1. The Morgan fingerprint density at radius 3 is 1.46 bits per heavy atom. The Balaban J connectivity index is 1.79. The number of thioether (sulfide) groups is 3. The maximum atomic E-state index is 11.6. The van der Waals surface area contributed by atoms with Crippen molar-refractivity contribution in [2.45, 2.75) is 63.2 Å². The van der Waals surface area contributed by atoms with Crippen LogP contribution in [0, 0.1) is 5.92 Å². The van der Waals surface area contributed by atoms with Crippen LogP contribution in [-0.2, 0) is 6.42 Å². The van der Waals surface area contributed by atoms with Crippen LogP contribution < -0.4 is 0 Å². The number of aryl methyl sites for hydroxylation is 1. The van der Waals surface area contributed by atoms with Crippen LogP contribution in [-0.4, -0.2) is 20.0 Å². The summed E-state index contributed by atoms with van der Waals surface area (Å²) in [4.78, 5) is 3.70. The van der Waals surface area contributed by atoms with Gasteiger partial charge in [0.2, 0.25) is 0 Å². The summed E-state index contributed by atoms with van der Waals surface area (Å²) in [7, 11) is 0. The van der Waals surface area contributed by atoms with Crippen molar-refractivity contribution in [3.05, 3.63) is 127 Å². The maximum absolute atomic E-state index is 11.6. The molecule has 0 bridgehead atoms. The SMILES string of the molecule is C[C@H]([C@@H](Sc1ccccc1)C(C)(C)O)C(CCc1ccccc1)(Sc1ccccc1)Sc1ccccc1. The summed E-state index contributed by atoms with van der Waals surface area (Å²) >= 11 is 5.70. The molecule has 0 heterocycles. The Labute approximate surface area is 235 Å². The summed E-state index contributed by atoms with van der Waals surface area (Å²) in [5.74, 6) is 0.164. The second-order valence-corrected chi connectivity index (χ2v) is 14.2. The summed E-state index contributed by atoms with van der Waals surface area (Å²) in [5, 5.41) is 11.5. The van der Waals surface area contributed by atoms with E-state index in [1.165, 1.54) is 20.2 Å². The van der Waals surface area contributed by atoms with Crippen LogP contribution in [0.1, 0.15) is 32.8 Å². The summed E-state index contributed by atoms with van der Waals surface area (Å²) in [6.07, 6.45) is 1.94. The van der Waals surface area contributed by atoms with Gasteiger partial charge in [0.1, 0.15) is 0 Å². The first-order valence-electron chi connectivity index (χ1n) is 12.8. The molecule has 1 nitrogen and oxygen atoms in total. The van der Waals surface area contributed by atoms with E-state index in [0.29, 0.717) is 0 Å². The molecule has 0 aliphatic rings. The van der Waals surface area contributed by atoms with E-state index in [-0.39, 0.29) is 15.2 Å². The molecule has 4 rings (SSSR count). The van der Waals surface area contributed by atoms with E-state index < -0.39 is 5.60 Å². The molecule has 37 heavy (non-hydrogen) atoms. The van der Waals surface area contributed by atoms with Gasteiger partial charge < -0.3 is 5.11 Å². The van der Waals surface area contributed by atoms with Gasteiger partial charge in [-0.1, -0.05) is 91.9 Å². The molecule has 4 aromatic carbocycles. The highest BCUT2D eigenvalue weighted by molar-refractivity contribution is 8.18. The zero-order valence-corrected chi connectivity index (χ0v) is 24.2. The number of aliphatic hydroxyl groups is 1. The van der Waals surface area contributed by atoms with Crippen molar-refractivity contribution < 1.29 is 5.11 Å². The summed E-state index contributed by atoms with van der Waals surface area (Å²) in [6, 6.07) is 42.8. The second kappa shape index (κ2) is 13.1. The van der Waals surface area contributed by atoms with E-state index in [1.54, 1.807) is 11.8 Å². The molecule has 4 heteroatoms. The lowest BCUT2D eigenvalue weighted by atomic mass is 9.88. The number of benzene rings is 4. The summed E-state index contributed by atoms with van der Waals surface area (Å²) < 4.78 is -0.217. The lowest BCUT2D eigenvalue weighted by molar-refractivity contribution is 0.0605. The molecule has 0 fully saturated rings. The monoisotopic (exact) mass is 544 g/mol. The lowest BCUT2D eigenvalue weighted by Gasteiger charge is -2.45. The van der Waals surface area contributed by atoms with E-state index in [2.05, 4.69) is 122 Å². The number of rotatable bonds is 12. The van der Waals surface area contributed by atoms with E-state index in [9.17, 15) is 5.11 Å². The quantitative estimate of drug-likeness (QED) is 0.141. The molecule has 192 valence electrons. The molecule has 0 aliphatic carbocycles. The first kappa shape index (κ1) is 27.9. The van der Waals surface area contributed by atoms with Crippen molar-refractivity contribution >= 4 is 35.3 Å². The Bertz CT molecular complexity index is 1150. The van der Waals surface area contributed by atoms with Gasteiger partial charge in [-0.25, -0.2) is 0 Å². The van der Waals surface area contributed by atoms with E-state index in [4.69, 9.17) is 0 Å². The number of hydrogen-bond donors (Lipinski definition) is 1. The van der Waals surface area contributed by atoms with Crippen LogP contribution in [0.25, 0.3) is 0 Å². The molecule has 4 aromatic rings. The molecule has 2 atom stereocenters. The minimum atomic E-state index is -0.869. The third-order valence-electron chi connectivity index (χ3n) is 6.52. The fourth-order valence-electron chi connectivity index (χ4n) is 4.61. The molecular formula is C33H36OS3. The zero-order valence-electron chi connectivity index (χ0n) is 21.8. The first-order chi connectivity index (χ1) is 17.9. The predicted octanol–water partition coefficient (Wildman–Crippen LogP) is 9.47. The third-order valence-corrected chi connectivity index (χ3v) is 11.7. The van der Waals surface area contributed by atoms with E-state index in [0.717, 1.165) is 12.8 Å². The van der Waals surface area contributed by atoms with Crippen molar-refractivity contribution in [3.63, 3.8) is 0 Å². The van der Waals surface area contributed by atoms with E-state index in [1.807, 2.05) is 43.4 Å². The van der Waals surface area contributed by atoms with Crippen LogP contribution in [0.3, 0.4) is 0 Å². The smallest absolute Gasteiger partial charge is 0.0745 e. The molecule has 0 aliphatic heterocycles. The van der Waals surface area contributed by atoms with Crippen LogP contribution in [0.15, 0.2) is 136 Å². The molecule has 0 radical (unpaired) electrons. The zero-order chi connectivity index (χ0) is 26.1. The van der Waals surface area contributed by atoms with Crippen molar-refractivity contribution in [3.8, 4) is 0 Å². The molecule has 0 unspecified atom stereocenters. The average Bonchev–Trinajstić information content (AvgIpc) is 2.92. The number of hydrogen-bond acceptors (Lipinski definition) is 4. The Kier molecular flexibility index (Phi) is 9.89. The molecule has 0 aromatic heterocycles. The van der Waals surface area contributed by atoms with Crippen LogP contribution >= 0.6 is 35.3 Å². The molecule has 0 saturated carbocycles. The van der Waals surface area contributed by atoms with Gasteiger partial charge in [0.25, 0.3) is 0 Å². The highest BCUT2D eigenvalue weighted by Gasteiger charge is 2.46. The third kappa shape index (κ3) is 7.94. The van der Waals surface area contributed by atoms with Gasteiger partial charge in [-0.2, -0.15) is 0 Å². The minimum absolute atomic E-state index is 0.0157. The average molecular weight is 545 g/mol. The normalized spacial score (nSPS) is 13.7. The van der Waals surface area contributed by atoms with Crippen LogP contribution in [0.5, 0.6) is 0 Å². The van der Waals surface area contributed by atoms with Gasteiger partial charge in [0, 0.05) is 19.9 Å². The predicted molar refractivity (Wildman–Crippen MR) is 164 cm³/mol. The van der Waals surface area contributed by atoms with Gasteiger partial charge in [-0.3, -0.25) is 0 Å².